The minimum Gasteiger partial charge on any atom is -0.330 e. The minimum absolute atomic E-state index is 0.0752. The molecule has 0 saturated heterocycles. The van der Waals surface area contributed by atoms with Crippen molar-refractivity contribution in [3.8, 4) is 11.3 Å². The smallest absolute Gasteiger partial charge is 0.231 e. The maximum absolute atomic E-state index is 13.0. The Hall–Kier alpha value is -3.15. The predicted molar refractivity (Wildman–Crippen MR) is 118 cm³/mol. The molecule has 5 nitrogen and oxygen atoms in total. The van der Waals surface area contributed by atoms with Gasteiger partial charge in [-0.05, 0) is 48.9 Å². The van der Waals surface area contributed by atoms with Gasteiger partial charge in [0.15, 0.2) is 0 Å². The summed E-state index contributed by atoms with van der Waals surface area (Å²) in [5, 5.41) is 12.1. The van der Waals surface area contributed by atoms with E-state index in [-0.39, 0.29) is 11.8 Å². The summed E-state index contributed by atoms with van der Waals surface area (Å²) in [7, 11) is 0. The molecule has 0 fully saturated rings. The van der Waals surface area contributed by atoms with Gasteiger partial charge in [-0.1, -0.05) is 54.1 Å². The van der Waals surface area contributed by atoms with Crippen molar-refractivity contribution in [3.05, 3.63) is 83.4 Å². The second-order valence-electron chi connectivity index (χ2n) is 6.87. The highest BCUT2D eigenvalue weighted by Gasteiger charge is 2.20. The van der Waals surface area contributed by atoms with Crippen LogP contribution in [0.1, 0.15) is 17.9 Å². The van der Waals surface area contributed by atoms with Gasteiger partial charge in [0.1, 0.15) is 5.69 Å². The van der Waals surface area contributed by atoms with Crippen LogP contribution < -0.4 is 11.1 Å². The molecule has 1 heterocycles. The van der Waals surface area contributed by atoms with Crippen molar-refractivity contribution < 1.29 is 4.79 Å². The molecule has 0 bridgehead atoms. The molecule has 3 aromatic carbocycles. The van der Waals surface area contributed by atoms with Gasteiger partial charge in [0.05, 0.1) is 11.4 Å². The van der Waals surface area contributed by atoms with Crippen molar-refractivity contribution >= 4 is 34.1 Å². The van der Waals surface area contributed by atoms with E-state index < -0.39 is 0 Å². The van der Waals surface area contributed by atoms with Gasteiger partial charge >= 0.3 is 0 Å². The van der Waals surface area contributed by atoms with E-state index in [2.05, 4.69) is 15.5 Å². The number of benzene rings is 3. The van der Waals surface area contributed by atoms with Gasteiger partial charge in [-0.2, -0.15) is 5.10 Å². The molecule has 1 unspecified atom stereocenters. The second-order valence-corrected chi connectivity index (χ2v) is 7.31. The summed E-state index contributed by atoms with van der Waals surface area (Å²) in [6.45, 7) is 0.437. The van der Waals surface area contributed by atoms with Crippen LogP contribution in [0.3, 0.4) is 0 Å². The van der Waals surface area contributed by atoms with Gasteiger partial charge < -0.3 is 11.1 Å². The van der Waals surface area contributed by atoms with Crippen molar-refractivity contribution in [1.29, 1.82) is 0 Å². The van der Waals surface area contributed by atoms with Crippen LogP contribution in [-0.2, 0) is 4.79 Å². The van der Waals surface area contributed by atoms with E-state index >= 15 is 0 Å². The zero-order valence-corrected chi connectivity index (χ0v) is 16.5. The maximum atomic E-state index is 13.0. The maximum Gasteiger partial charge on any atom is 0.231 e. The minimum atomic E-state index is -0.298. The number of fused-ring (bicyclic) bond motifs is 1. The Morgan fingerprint density at radius 3 is 2.66 bits per heavy atom. The van der Waals surface area contributed by atoms with E-state index in [0.29, 0.717) is 23.7 Å². The summed E-state index contributed by atoms with van der Waals surface area (Å²) < 4.78 is 0. The first kappa shape index (κ1) is 19.2. The number of halogens is 1. The van der Waals surface area contributed by atoms with Crippen LogP contribution in [0.5, 0.6) is 0 Å². The Morgan fingerprint density at radius 2 is 1.90 bits per heavy atom. The zero-order valence-electron chi connectivity index (χ0n) is 15.7. The lowest BCUT2D eigenvalue weighted by molar-refractivity contribution is -0.117. The third kappa shape index (κ3) is 4.16. The second kappa shape index (κ2) is 8.47. The number of H-pyrrole nitrogens is 1. The number of anilines is 1. The summed E-state index contributed by atoms with van der Waals surface area (Å²) >= 11 is 6.13. The van der Waals surface area contributed by atoms with E-state index in [1.807, 2.05) is 72.8 Å². The average molecular weight is 405 g/mol. The molecular formula is C23H21ClN4O. The summed E-state index contributed by atoms with van der Waals surface area (Å²) in [4.78, 5) is 13.0. The normalized spacial score (nSPS) is 12.1. The average Bonchev–Trinajstić information content (AvgIpc) is 3.16. The van der Waals surface area contributed by atoms with Crippen LogP contribution in [0.15, 0.2) is 72.8 Å². The van der Waals surface area contributed by atoms with Crippen molar-refractivity contribution in [1.82, 2.24) is 10.2 Å². The van der Waals surface area contributed by atoms with Gasteiger partial charge in [0.2, 0.25) is 5.91 Å². The summed E-state index contributed by atoms with van der Waals surface area (Å²) in [6, 6.07) is 23.0. The highest BCUT2D eigenvalue weighted by Crippen LogP contribution is 2.30. The van der Waals surface area contributed by atoms with Crippen molar-refractivity contribution in [2.24, 2.45) is 5.73 Å². The Balaban J connectivity index is 1.64. The number of hydrogen-bond acceptors (Lipinski definition) is 3. The first-order chi connectivity index (χ1) is 14.2. The van der Waals surface area contributed by atoms with Crippen molar-refractivity contribution in [2.45, 2.75) is 12.3 Å². The fourth-order valence-corrected chi connectivity index (χ4v) is 3.67. The molecule has 29 heavy (non-hydrogen) atoms. The van der Waals surface area contributed by atoms with Crippen LogP contribution in [0, 0.1) is 0 Å². The Kier molecular flexibility index (Phi) is 5.60. The molecule has 1 aromatic heterocycles. The van der Waals surface area contributed by atoms with E-state index in [1.54, 1.807) is 0 Å². The molecule has 0 saturated carbocycles. The largest absolute Gasteiger partial charge is 0.330 e. The molecule has 0 aliphatic heterocycles. The molecule has 0 aliphatic carbocycles. The highest BCUT2D eigenvalue weighted by molar-refractivity contribution is 6.30. The molecule has 1 amide bonds. The first-order valence-electron chi connectivity index (χ1n) is 9.45. The number of nitrogens with two attached hydrogens (primary N) is 1. The number of aromatic amines is 1. The predicted octanol–water partition coefficient (Wildman–Crippen LogP) is 4.95. The summed E-state index contributed by atoms with van der Waals surface area (Å²) in [5.74, 6) is -0.373. The third-order valence-corrected chi connectivity index (χ3v) is 5.14. The standard InChI is InChI=1S/C23H21ClN4O/c24-17-8-4-7-16(13-17)22-20-14-18(9-10-21(20)27-28-22)26-23(29)19(11-12-25)15-5-2-1-3-6-15/h1-10,13-14,19H,11-12,25H2,(H,26,29)(H,27,28). The SMILES string of the molecule is NCCC(C(=O)Nc1ccc2[nH]nc(-c3cccc(Cl)c3)c2c1)c1ccccc1. The molecule has 0 spiro atoms. The molecular weight excluding hydrogens is 384 g/mol. The van der Waals surface area contributed by atoms with Crippen LogP contribution in [0.25, 0.3) is 22.2 Å². The molecule has 0 radical (unpaired) electrons. The Labute approximate surface area is 173 Å². The first-order valence-corrected chi connectivity index (χ1v) is 9.83. The summed E-state index contributed by atoms with van der Waals surface area (Å²) in [5.41, 5.74) is 10.0. The van der Waals surface area contributed by atoms with Crippen LogP contribution in [0.4, 0.5) is 5.69 Å². The number of carbonyl (C=O) groups is 1. The number of rotatable bonds is 6. The number of nitrogens with zero attached hydrogens (tertiary/aromatic N) is 1. The molecule has 0 aliphatic rings. The van der Waals surface area contributed by atoms with Gasteiger partial charge in [-0.25, -0.2) is 0 Å². The van der Waals surface area contributed by atoms with Crippen LogP contribution in [-0.4, -0.2) is 22.6 Å². The Bertz CT molecular complexity index is 1140. The fraction of sp³-hybridized carbons (Fsp3) is 0.130. The Morgan fingerprint density at radius 1 is 1.07 bits per heavy atom. The third-order valence-electron chi connectivity index (χ3n) is 4.90. The molecule has 1 atom stereocenters. The summed E-state index contributed by atoms with van der Waals surface area (Å²) in [6.07, 6.45) is 0.581. The molecule has 6 heteroatoms. The molecule has 146 valence electrons. The quantitative estimate of drug-likeness (QED) is 0.425. The molecule has 4 aromatic rings. The number of hydrogen-bond donors (Lipinski definition) is 3. The fourth-order valence-electron chi connectivity index (χ4n) is 3.48. The van der Waals surface area contributed by atoms with Crippen LogP contribution >= 0.6 is 11.6 Å². The lowest BCUT2D eigenvalue weighted by Crippen LogP contribution is -2.23. The van der Waals surface area contributed by atoms with Gasteiger partial charge in [-0.15, -0.1) is 0 Å². The van der Waals surface area contributed by atoms with E-state index in [4.69, 9.17) is 17.3 Å². The topological polar surface area (TPSA) is 83.8 Å². The van der Waals surface area contributed by atoms with Crippen molar-refractivity contribution in [2.75, 3.05) is 11.9 Å². The lowest BCUT2D eigenvalue weighted by Gasteiger charge is -2.16. The monoisotopic (exact) mass is 404 g/mol. The number of carbonyl (C=O) groups excluding carboxylic acids is 1. The van der Waals surface area contributed by atoms with Gasteiger partial charge in [0, 0.05) is 21.7 Å². The molecule has 4 rings (SSSR count). The van der Waals surface area contributed by atoms with E-state index in [1.165, 1.54) is 0 Å². The van der Waals surface area contributed by atoms with Gasteiger partial charge in [-0.3, -0.25) is 9.89 Å². The zero-order chi connectivity index (χ0) is 20.2. The van der Waals surface area contributed by atoms with Crippen molar-refractivity contribution in [3.63, 3.8) is 0 Å². The number of aromatic nitrogens is 2. The highest BCUT2D eigenvalue weighted by atomic mass is 35.5. The van der Waals surface area contributed by atoms with E-state index in [9.17, 15) is 4.79 Å². The molecule has 4 N–H and O–H groups in total. The van der Waals surface area contributed by atoms with Crippen LogP contribution in [0.2, 0.25) is 5.02 Å². The number of nitrogens with one attached hydrogen (secondary N) is 2. The lowest BCUT2D eigenvalue weighted by atomic mass is 9.94. The number of amides is 1. The van der Waals surface area contributed by atoms with E-state index in [0.717, 1.165) is 27.7 Å². The van der Waals surface area contributed by atoms with Gasteiger partial charge in [0.25, 0.3) is 0 Å².